The Morgan fingerprint density at radius 3 is 1.81 bits per heavy atom. The molecule has 0 unspecified atom stereocenters. The number of aliphatic hydroxyl groups is 4. The number of aliphatic hydroxyl groups excluding tert-OH is 4. The maximum absolute atomic E-state index is 11.9. The van der Waals surface area contributed by atoms with Gasteiger partial charge < -0.3 is 40.1 Å². The summed E-state index contributed by atoms with van der Waals surface area (Å²) >= 11 is 0. The van der Waals surface area contributed by atoms with Crippen LogP contribution in [0.2, 0.25) is 0 Å². The van der Waals surface area contributed by atoms with E-state index in [4.69, 9.17) is 14.6 Å². The minimum atomic E-state index is -1.15. The van der Waals surface area contributed by atoms with Gasteiger partial charge in [0.2, 0.25) is 0 Å². The topological polar surface area (TPSA) is 177 Å². The van der Waals surface area contributed by atoms with Gasteiger partial charge in [0.05, 0.1) is 39.4 Å². The highest BCUT2D eigenvalue weighted by Crippen LogP contribution is 2.27. The quantitative estimate of drug-likeness (QED) is 0.158. The lowest BCUT2D eigenvalue weighted by Gasteiger charge is -2.43. The van der Waals surface area contributed by atoms with E-state index in [0.29, 0.717) is 29.2 Å². The number of nitrogens with zero attached hydrogens (tertiary/aromatic N) is 1. The lowest BCUT2D eigenvalue weighted by molar-refractivity contribution is -0.145. The molecule has 230 valence electrons. The number of hydrogen-bond donors (Lipinski definition) is 6. The molecule has 0 bridgehead atoms. The normalized spacial score (nSPS) is 20.7. The number of phenolic OH excluding ortho intramolecular Hbond substituents is 2. The largest absolute Gasteiger partial charge is 0.504 e. The van der Waals surface area contributed by atoms with E-state index in [9.17, 15) is 35.1 Å². The van der Waals surface area contributed by atoms with Crippen LogP contribution < -0.4 is 9.47 Å². The van der Waals surface area contributed by atoms with Crippen LogP contribution in [0, 0.1) is 0 Å². The molecule has 0 spiro atoms. The Kier molecular flexibility index (Phi) is 14.2. The summed E-state index contributed by atoms with van der Waals surface area (Å²) in [5.41, 5.74) is 1.33. The zero-order chi connectivity index (χ0) is 31.2. The number of likely N-dealkylation sites (tertiary alicyclic amines) is 1. The number of carbonyl (C=O) groups excluding carboxylic acids is 2. The summed E-state index contributed by atoms with van der Waals surface area (Å²) in [4.78, 5) is 25.7. The molecule has 0 aliphatic carbocycles. The van der Waals surface area contributed by atoms with E-state index in [-0.39, 0.29) is 36.1 Å². The molecule has 1 heterocycles. The fraction of sp³-hybridized carbons (Fsp3) is 0.419. The summed E-state index contributed by atoms with van der Waals surface area (Å²) in [7, 11) is 2.87. The number of ether oxygens (including phenoxy) is 2. The number of carbonyl (C=O) groups is 2. The monoisotopic (exact) mass is 587 g/mol. The minimum Gasteiger partial charge on any atom is -0.504 e. The van der Waals surface area contributed by atoms with Gasteiger partial charge in [-0.3, -0.25) is 14.5 Å². The first kappa shape index (κ1) is 34.5. The van der Waals surface area contributed by atoms with Gasteiger partial charge in [0.15, 0.2) is 34.6 Å². The van der Waals surface area contributed by atoms with Crippen LogP contribution in [0.25, 0.3) is 12.2 Å². The summed E-state index contributed by atoms with van der Waals surface area (Å²) in [6.07, 6.45) is 4.25. The van der Waals surface area contributed by atoms with Gasteiger partial charge in [0.25, 0.3) is 0 Å². The molecular formula is C31H41NO10. The number of β-amino-alcohol motifs (C(OH)–C–C–N with tert-alkyl or cyclic N) is 1. The number of benzene rings is 2. The van der Waals surface area contributed by atoms with E-state index in [1.807, 2.05) is 4.90 Å². The first-order valence-electron chi connectivity index (χ1n) is 13.6. The number of unbranched alkanes of at least 4 members (excludes halogenated alkanes) is 1. The Morgan fingerprint density at radius 2 is 1.38 bits per heavy atom. The molecule has 4 atom stereocenters. The van der Waals surface area contributed by atoms with E-state index in [1.165, 1.54) is 38.5 Å². The smallest absolute Gasteiger partial charge is 0.163 e. The summed E-state index contributed by atoms with van der Waals surface area (Å²) in [5.74, 6) is -0.0832. The second kappa shape index (κ2) is 17.3. The second-order valence-corrected chi connectivity index (χ2v) is 9.79. The van der Waals surface area contributed by atoms with Crippen molar-refractivity contribution in [2.75, 3.05) is 33.9 Å². The maximum Gasteiger partial charge on any atom is 0.163 e. The summed E-state index contributed by atoms with van der Waals surface area (Å²) < 4.78 is 10.00. The molecule has 6 N–H and O–H groups in total. The molecule has 1 fully saturated rings. The third kappa shape index (κ3) is 10.3. The van der Waals surface area contributed by atoms with Crippen LogP contribution in [0.15, 0.2) is 48.6 Å². The van der Waals surface area contributed by atoms with Crippen molar-refractivity contribution in [3.63, 3.8) is 0 Å². The second-order valence-electron chi connectivity index (χ2n) is 9.79. The third-order valence-electron chi connectivity index (χ3n) is 6.69. The van der Waals surface area contributed by atoms with Gasteiger partial charge in [-0.2, -0.15) is 0 Å². The van der Waals surface area contributed by atoms with Gasteiger partial charge in [-0.1, -0.05) is 37.6 Å². The lowest BCUT2D eigenvalue weighted by atomic mass is 9.94. The van der Waals surface area contributed by atoms with E-state index < -0.39 is 24.4 Å². The van der Waals surface area contributed by atoms with Gasteiger partial charge in [-0.15, -0.1) is 0 Å². The standard InChI is InChI=1S/C21H20O6.C10H21NO4/c1-26-20-11-14(5-9-18(20)24)3-7-16(22)13-17(23)8-4-15-6-10-19(25)21(12-15)27-2;1-2-3-4-11-5-8(13)10(15)9(14)7(11)6-12/h3-12,24-25H,13H2,1-2H3;7-10,12-15H,2-6H2,1H3/b7-3+,8-4+;/t;7-,8+,9-,10-/m.1/s1. The van der Waals surface area contributed by atoms with Gasteiger partial charge in [-0.05, 0) is 60.5 Å². The number of aromatic hydroxyl groups is 2. The number of methoxy groups -OCH3 is 2. The van der Waals surface area contributed by atoms with Crippen LogP contribution >= 0.6 is 0 Å². The average Bonchev–Trinajstić information content (AvgIpc) is 2.98. The van der Waals surface area contributed by atoms with Crippen LogP contribution in [0.4, 0.5) is 0 Å². The zero-order valence-corrected chi connectivity index (χ0v) is 24.1. The highest BCUT2D eigenvalue weighted by molar-refractivity contribution is 6.10. The van der Waals surface area contributed by atoms with E-state index in [0.717, 1.165) is 19.4 Å². The predicted octanol–water partition coefficient (Wildman–Crippen LogP) is 1.92. The Bertz CT molecular complexity index is 1150. The van der Waals surface area contributed by atoms with Crippen molar-refractivity contribution in [2.45, 2.75) is 50.5 Å². The van der Waals surface area contributed by atoms with Gasteiger partial charge in [-0.25, -0.2) is 0 Å². The Balaban J connectivity index is 0.000000347. The Labute approximate surface area is 245 Å². The molecule has 1 aliphatic heterocycles. The summed E-state index contributed by atoms with van der Waals surface area (Å²) in [5, 5.41) is 56.8. The number of hydrogen-bond acceptors (Lipinski definition) is 11. The van der Waals surface area contributed by atoms with Gasteiger partial charge in [0.1, 0.15) is 12.2 Å². The first-order valence-corrected chi connectivity index (χ1v) is 13.6. The lowest BCUT2D eigenvalue weighted by Crippen LogP contribution is -2.62. The number of ketones is 2. The Morgan fingerprint density at radius 1 is 0.881 bits per heavy atom. The van der Waals surface area contributed by atoms with Crippen LogP contribution in [0.5, 0.6) is 23.0 Å². The van der Waals surface area contributed by atoms with E-state index in [2.05, 4.69) is 6.92 Å². The molecular weight excluding hydrogens is 546 g/mol. The molecule has 0 aromatic heterocycles. The molecule has 0 saturated carbocycles. The molecule has 1 saturated heterocycles. The molecule has 1 aliphatic rings. The molecule has 0 radical (unpaired) electrons. The SMILES string of the molecule is CCCCN1C[C@H](O)[C@@H](O)[C@H](O)[C@H]1CO.COc1cc(/C=C/C(=O)CC(=O)/C=C/c2ccc(O)c(OC)c2)ccc1O. The molecule has 2 aromatic carbocycles. The van der Waals surface area contributed by atoms with Gasteiger partial charge in [0, 0.05) is 6.54 Å². The zero-order valence-electron chi connectivity index (χ0n) is 24.1. The molecule has 42 heavy (non-hydrogen) atoms. The highest BCUT2D eigenvalue weighted by atomic mass is 16.5. The van der Waals surface area contributed by atoms with Gasteiger partial charge >= 0.3 is 0 Å². The van der Waals surface area contributed by atoms with Crippen molar-refractivity contribution in [3.05, 3.63) is 59.7 Å². The Hall–Kier alpha value is -3.74. The highest BCUT2D eigenvalue weighted by Gasteiger charge is 2.40. The molecule has 3 rings (SSSR count). The third-order valence-corrected chi connectivity index (χ3v) is 6.69. The average molecular weight is 588 g/mol. The summed E-state index contributed by atoms with van der Waals surface area (Å²) in [6, 6.07) is 8.88. The van der Waals surface area contributed by atoms with E-state index in [1.54, 1.807) is 36.4 Å². The van der Waals surface area contributed by atoms with Crippen LogP contribution in [0.3, 0.4) is 0 Å². The van der Waals surface area contributed by atoms with Crippen molar-refractivity contribution in [3.8, 4) is 23.0 Å². The number of allylic oxidation sites excluding steroid dienone is 2. The summed E-state index contributed by atoms with van der Waals surface area (Å²) in [6.45, 7) is 2.89. The van der Waals surface area contributed by atoms with Crippen LogP contribution in [0.1, 0.15) is 37.3 Å². The van der Waals surface area contributed by atoms with Crippen molar-refractivity contribution < 1.29 is 49.7 Å². The molecule has 11 heteroatoms. The minimum absolute atomic E-state index is 0.00662. The molecule has 2 aromatic rings. The van der Waals surface area contributed by atoms with Crippen LogP contribution in [-0.4, -0.2) is 105 Å². The maximum atomic E-state index is 11.9. The van der Waals surface area contributed by atoms with E-state index >= 15 is 0 Å². The number of phenols is 2. The fourth-order valence-corrected chi connectivity index (χ4v) is 4.26. The first-order chi connectivity index (χ1) is 20.0. The van der Waals surface area contributed by atoms with Crippen molar-refractivity contribution in [1.82, 2.24) is 4.90 Å². The van der Waals surface area contributed by atoms with Crippen molar-refractivity contribution in [2.24, 2.45) is 0 Å². The fourth-order valence-electron chi connectivity index (χ4n) is 4.26. The molecule has 11 nitrogen and oxygen atoms in total. The van der Waals surface area contributed by atoms with Crippen molar-refractivity contribution in [1.29, 1.82) is 0 Å². The number of piperidine rings is 1. The van der Waals surface area contributed by atoms with Crippen molar-refractivity contribution >= 4 is 23.7 Å². The number of rotatable bonds is 12. The predicted molar refractivity (Wildman–Crippen MR) is 157 cm³/mol. The van der Waals surface area contributed by atoms with Crippen LogP contribution in [-0.2, 0) is 9.59 Å². The molecule has 0 amide bonds.